The Morgan fingerprint density at radius 1 is 1.35 bits per heavy atom. The van der Waals surface area contributed by atoms with E-state index in [1.807, 2.05) is 6.07 Å². The van der Waals surface area contributed by atoms with Gasteiger partial charge in [-0.3, -0.25) is 4.90 Å². The molecular formula is C15H24N2. The van der Waals surface area contributed by atoms with Gasteiger partial charge in [-0.2, -0.15) is 0 Å². The van der Waals surface area contributed by atoms with Gasteiger partial charge in [0.1, 0.15) is 0 Å². The van der Waals surface area contributed by atoms with Gasteiger partial charge in [-0.25, -0.2) is 0 Å². The van der Waals surface area contributed by atoms with Gasteiger partial charge >= 0.3 is 0 Å². The van der Waals surface area contributed by atoms with E-state index in [9.17, 15) is 0 Å². The summed E-state index contributed by atoms with van der Waals surface area (Å²) in [7, 11) is 2.21. The highest BCUT2D eigenvalue weighted by Gasteiger charge is 2.39. The van der Waals surface area contributed by atoms with E-state index in [2.05, 4.69) is 50.1 Å². The van der Waals surface area contributed by atoms with Crippen LogP contribution in [-0.2, 0) is 0 Å². The molecule has 2 unspecified atom stereocenters. The summed E-state index contributed by atoms with van der Waals surface area (Å²) < 4.78 is 0. The van der Waals surface area contributed by atoms with Gasteiger partial charge in [-0.1, -0.05) is 37.3 Å². The van der Waals surface area contributed by atoms with Crippen molar-refractivity contribution in [1.29, 1.82) is 0 Å². The molecule has 1 aromatic carbocycles. The summed E-state index contributed by atoms with van der Waals surface area (Å²) in [6, 6.07) is 10.6. The first-order valence-electron chi connectivity index (χ1n) is 6.56. The Kier molecular flexibility index (Phi) is 3.55. The lowest BCUT2D eigenvalue weighted by atomic mass is 9.77. The zero-order valence-corrected chi connectivity index (χ0v) is 11.2. The minimum absolute atomic E-state index is 0.0911. The smallest absolute Gasteiger partial charge is 0.0479 e. The van der Waals surface area contributed by atoms with Crippen LogP contribution < -0.4 is 5.73 Å². The van der Waals surface area contributed by atoms with Crippen LogP contribution in [0.4, 0.5) is 0 Å². The van der Waals surface area contributed by atoms with Crippen LogP contribution >= 0.6 is 0 Å². The molecule has 0 bridgehead atoms. The third-order valence-corrected chi connectivity index (χ3v) is 4.43. The first kappa shape index (κ1) is 12.6. The number of piperidine rings is 1. The quantitative estimate of drug-likeness (QED) is 0.849. The largest absolute Gasteiger partial charge is 0.322 e. The maximum atomic E-state index is 6.50. The number of hydrogen-bond donors (Lipinski definition) is 1. The molecule has 2 heteroatoms. The Morgan fingerprint density at radius 3 is 2.59 bits per heavy atom. The molecule has 1 aliphatic rings. The fraction of sp³-hybridized carbons (Fsp3) is 0.600. The fourth-order valence-corrected chi connectivity index (χ4v) is 2.91. The van der Waals surface area contributed by atoms with Crippen LogP contribution in [0.1, 0.15) is 38.3 Å². The predicted molar refractivity (Wildman–Crippen MR) is 72.8 cm³/mol. The van der Waals surface area contributed by atoms with Crippen LogP contribution in [-0.4, -0.2) is 24.0 Å². The molecule has 0 saturated carbocycles. The van der Waals surface area contributed by atoms with Gasteiger partial charge in [0.05, 0.1) is 0 Å². The van der Waals surface area contributed by atoms with Crippen molar-refractivity contribution in [2.24, 2.45) is 11.7 Å². The molecule has 0 radical (unpaired) electrons. The molecule has 1 heterocycles. The topological polar surface area (TPSA) is 29.3 Å². The average Bonchev–Trinajstić information content (AvgIpc) is 2.34. The van der Waals surface area contributed by atoms with E-state index in [1.165, 1.54) is 18.4 Å². The molecule has 2 nitrogen and oxygen atoms in total. The van der Waals surface area contributed by atoms with Crippen LogP contribution in [0.15, 0.2) is 30.3 Å². The Balaban J connectivity index is 2.21. The predicted octanol–water partition coefficient (Wildman–Crippen LogP) is 2.81. The number of rotatable bonds is 2. The van der Waals surface area contributed by atoms with Gasteiger partial charge in [-0.05, 0) is 38.3 Å². The highest BCUT2D eigenvalue weighted by Crippen LogP contribution is 2.37. The van der Waals surface area contributed by atoms with E-state index in [1.54, 1.807) is 0 Å². The second-order valence-electron chi connectivity index (χ2n) is 5.77. The van der Waals surface area contributed by atoms with Crippen LogP contribution in [0.2, 0.25) is 0 Å². The van der Waals surface area contributed by atoms with E-state index in [4.69, 9.17) is 5.73 Å². The Bertz CT molecular complexity index is 362. The van der Waals surface area contributed by atoms with Crippen LogP contribution in [0.5, 0.6) is 0 Å². The molecule has 2 rings (SSSR count). The van der Waals surface area contributed by atoms with Crippen molar-refractivity contribution in [3.63, 3.8) is 0 Å². The molecule has 0 aliphatic carbocycles. The van der Waals surface area contributed by atoms with E-state index in [0.717, 1.165) is 12.5 Å². The lowest BCUT2D eigenvalue weighted by Gasteiger charge is -2.48. The molecular weight excluding hydrogens is 208 g/mol. The van der Waals surface area contributed by atoms with E-state index < -0.39 is 0 Å². The zero-order valence-electron chi connectivity index (χ0n) is 11.2. The third kappa shape index (κ3) is 2.38. The fourth-order valence-electron chi connectivity index (χ4n) is 2.91. The minimum atomic E-state index is 0.0911. The number of nitrogens with two attached hydrogens (primary N) is 1. The number of benzene rings is 1. The number of likely N-dealkylation sites (N-methyl/N-ethyl adjacent to an activating group) is 1. The first-order chi connectivity index (χ1) is 8.04. The van der Waals surface area contributed by atoms with Crippen molar-refractivity contribution in [3.05, 3.63) is 35.9 Å². The van der Waals surface area contributed by atoms with Gasteiger partial charge in [0.15, 0.2) is 0 Å². The standard InChI is InChI=1S/C15H24N2/c1-12-9-10-15(2,17(3)11-12)14(16)13-7-5-4-6-8-13/h4-8,12,14H,9-11,16H2,1-3H3/t12?,14-,15?/m0/s1. The van der Waals surface area contributed by atoms with E-state index in [0.29, 0.717) is 0 Å². The molecule has 0 aromatic heterocycles. The van der Waals surface area contributed by atoms with E-state index in [-0.39, 0.29) is 11.6 Å². The van der Waals surface area contributed by atoms with E-state index >= 15 is 0 Å². The Labute approximate surface area is 105 Å². The molecule has 2 N–H and O–H groups in total. The highest BCUT2D eigenvalue weighted by molar-refractivity contribution is 5.22. The van der Waals surface area contributed by atoms with Crippen molar-refractivity contribution < 1.29 is 0 Å². The van der Waals surface area contributed by atoms with Gasteiger partial charge in [0.2, 0.25) is 0 Å². The summed E-state index contributed by atoms with van der Waals surface area (Å²) in [5.41, 5.74) is 7.84. The molecule has 94 valence electrons. The summed E-state index contributed by atoms with van der Waals surface area (Å²) in [6.45, 7) is 5.78. The average molecular weight is 232 g/mol. The molecule has 1 saturated heterocycles. The van der Waals surface area contributed by atoms with Crippen LogP contribution in [0.25, 0.3) is 0 Å². The van der Waals surface area contributed by atoms with Crippen molar-refractivity contribution in [2.45, 2.75) is 38.3 Å². The molecule has 0 amide bonds. The number of nitrogens with zero attached hydrogens (tertiary/aromatic N) is 1. The molecule has 1 aliphatic heterocycles. The normalized spacial score (nSPS) is 32.4. The van der Waals surface area contributed by atoms with Crippen molar-refractivity contribution in [2.75, 3.05) is 13.6 Å². The monoisotopic (exact) mass is 232 g/mol. The Hall–Kier alpha value is -0.860. The second kappa shape index (κ2) is 4.79. The van der Waals surface area contributed by atoms with Crippen molar-refractivity contribution >= 4 is 0 Å². The lowest BCUT2D eigenvalue weighted by molar-refractivity contribution is 0.0401. The third-order valence-electron chi connectivity index (χ3n) is 4.43. The number of likely N-dealkylation sites (tertiary alicyclic amines) is 1. The second-order valence-corrected chi connectivity index (χ2v) is 5.77. The maximum absolute atomic E-state index is 6.50. The summed E-state index contributed by atoms with van der Waals surface area (Å²) >= 11 is 0. The minimum Gasteiger partial charge on any atom is -0.322 e. The van der Waals surface area contributed by atoms with Crippen molar-refractivity contribution in [3.8, 4) is 0 Å². The zero-order chi connectivity index (χ0) is 12.5. The summed E-state index contributed by atoms with van der Waals surface area (Å²) in [5, 5.41) is 0. The van der Waals surface area contributed by atoms with Gasteiger partial charge < -0.3 is 5.73 Å². The van der Waals surface area contributed by atoms with Crippen LogP contribution in [0.3, 0.4) is 0 Å². The molecule has 1 fully saturated rings. The first-order valence-corrected chi connectivity index (χ1v) is 6.56. The summed E-state index contributed by atoms with van der Waals surface area (Å²) in [4.78, 5) is 2.44. The molecule has 1 aromatic rings. The molecule has 0 spiro atoms. The Morgan fingerprint density at radius 2 is 2.00 bits per heavy atom. The highest BCUT2D eigenvalue weighted by atomic mass is 15.2. The van der Waals surface area contributed by atoms with Crippen LogP contribution in [0, 0.1) is 5.92 Å². The van der Waals surface area contributed by atoms with Gasteiger partial charge in [0, 0.05) is 18.1 Å². The summed E-state index contributed by atoms with van der Waals surface area (Å²) in [6.07, 6.45) is 2.46. The molecule has 3 atom stereocenters. The number of hydrogen-bond acceptors (Lipinski definition) is 2. The maximum Gasteiger partial charge on any atom is 0.0479 e. The lowest BCUT2D eigenvalue weighted by Crippen LogP contribution is -2.55. The molecule has 17 heavy (non-hydrogen) atoms. The van der Waals surface area contributed by atoms with Gasteiger partial charge in [-0.15, -0.1) is 0 Å². The van der Waals surface area contributed by atoms with Gasteiger partial charge in [0.25, 0.3) is 0 Å². The SMILES string of the molecule is CC1CCC(C)([C@@H](N)c2ccccc2)N(C)C1. The summed E-state index contributed by atoms with van der Waals surface area (Å²) in [5.74, 6) is 0.788. The van der Waals surface area contributed by atoms with Crippen molar-refractivity contribution in [1.82, 2.24) is 4.90 Å².